The maximum Gasteiger partial charge on any atom is 0.266 e. The van der Waals surface area contributed by atoms with E-state index in [1.165, 1.54) is 19.1 Å². The molecule has 8 heteroatoms. The molecule has 0 saturated carbocycles. The highest BCUT2D eigenvalue weighted by Gasteiger charge is 2.36. The van der Waals surface area contributed by atoms with Gasteiger partial charge in [0.25, 0.3) is 5.91 Å². The van der Waals surface area contributed by atoms with Crippen LogP contribution >= 0.6 is 24.0 Å². The zero-order valence-electron chi connectivity index (χ0n) is 12.9. The normalized spacial score (nSPS) is 17.4. The largest absolute Gasteiger partial charge is 0.548 e. The lowest BCUT2D eigenvalue weighted by Gasteiger charge is -2.23. The number of thioether (sulfide) groups is 1. The Bertz CT molecular complexity index is 906. The molecule has 2 aromatic rings. The Labute approximate surface area is 152 Å². The van der Waals surface area contributed by atoms with E-state index in [0.29, 0.717) is 17.1 Å². The summed E-state index contributed by atoms with van der Waals surface area (Å²) in [7, 11) is 0. The third-order valence-electron chi connectivity index (χ3n) is 3.59. The SMILES string of the molecule is C[C@@H](C(=O)[O-])N1C(=O)/C(=C\c2ccc(-c3ccccc3F)o2)SC1=S. The summed E-state index contributed by atoms with van der Waals surface area (Å²) < 4.78 is 19.5. The number of hydrogen-bond donors (Lipinski definition) is 0. The second-order valence-electron chi connectivity index (χ2n) is 5.23. The van der Waals surface area contributed by atoms with E-state index < -0.39 is 23.7 Å². The molecule has 0 N–H and O–H groups in total. The minimum atomic E-state index is -1.39. The average Bonchev–Trinajstić information content (AvgIpc) is 3.13. The van der Waals surface area contributed by atoms with E-state index in [-0.39, 0.29) is 9.23 Å². The molecule has 0 aliphatic carbocycles. The topological polar surface area (TPSA) is 73.6 Å². The minimum Gasteiger partial charge on any atom is -0.548 e. The molecule has 0 unspecified atom stereocenters. The molecule has 1 amide bonds. The van der Waals surface area contributed by atoms with Crippen LogP contribution in [0.1, 0.15) is 12.7 Å². The van der Waals surface area contributed by atoms with Crippen LogP contribution in [0.5, 0.6) is 0 Å². The summed E-state index contributed by atoms with van der Waals surface area (Å²) in [6, 6.07) is 8.19. The summed E-state index contributed by atoms with van der Waals surface area (Å²) in [4.78, 5) is 24.6. The van der Waals surface area contributed by atoms with Crippen LogP contribution in [-0.4, -0.2) is 27.1 Å². The smallest absolute Gasteiger partial charge is 0.266 e. The fraction of sp³-hybridized carbons (Fsp3) is 0.118. The Kier molecular flexibility index (Phi) is 4.73. The molecule has 0 spiro atoms. The molecule has 0 radical (unpaired) electrons. The van der Waals surface area contributed by atoms with Crippen molar-refractivity contribution in [3.05, 3.63) is 52.9 Å². The summed E-state index contributed by atoms with van der Waals surface area (Å²) in [5, 5.41) is 11.0. The van der Waals surface area contributed by atoms with E-state index in [9.17, 15) is 19.1 Å². The third-order valence-corrected chi connectivity index (χ3v) is 4.92. The molecule has 25 heavy (non-hydrogen) atoms. The van der Waals surface area contributed by atoms with Crippen LogP contribution in [0.2, 0.25) is 0 Å². The lowest BCUT2D eigenvalue weighted by molar-refractivity contribution is -0.309. The number of benzene rings is 1. The molecule has 1 aliphatic rings. The van der Waals surface area contributed by atoms with E-state index in [0.717, 1.165) is 16.7 Å². The van der Waals surface area contributed by atoms with Crippen molar-refractivity contribution in [3.8, 4) is 11.3 Å². The van der Waals surface area contributed by atoms with Gasteiger partial charge in [0.2, 0.25) is 0 Å². The standard InChI is InChI=1S/C17H12FNO4S2/c1-9(16(21)22)19-15(20)14(25-17(19)24)8-10-6-7-13(23-10)11-4-2-3-5-12(11)18/h2-9H,1H3,(H,21,22)/p-1/b14-8+/t9-/m0/s1. The molecule has 1 atom stereocenters. The van der Waals surface area contributed by atoms with E-state index >= 15 is 0 Å². The number of furan rings is 1. The Morgan fingerprint density at radius 2 is 2.08 bits per heavy atom. The molecule has 1 aromatic heterocycles. The zero-order chi connectivity index (χ0) is 18.1. The maximum absolute atomic E-state index is 13.8. The zero-order valence-corrected chi connectivity index (χ0v) is 14.5. The first-order valence-electron chi connectivity index (χ1n) is 7.21. The van der Waals surface area contributed by atoms with Gasteiger partial charge >= 0.3 is 0 Å². The van der Waals surface area contributed by atoms with Crippen LogP contribution in [0.15, 0.2) is 45.7 Å². The molecular formula is C17H11FNO4S2-. The van der Waals surface area contributed by atoms with Gasteiger partial charge < -0.3 is 14.3 Å². The number of thiocarbonyl (C=S) groups is 1. The van der Waals surface area contributed by atoms with E-state index in [2.05, 4.69) is 0 Å². The fourth-order valence-electron chi connectivity index (χ4n) is 2.28. The molecule has 1 fully saturated rings. The summed E-state index contributed by atoms with van der Waals surface area (Å²) in [5.41, 5.74) is 0.306. The minimum absolute atomic E-state index is 0.133. The monoisotopic (exact) mass is 376 g/mol. The number of carbonyl (C=O) groups is 2. The molecular weight excluding hydrogens is 365 g/mol. The Morgan fingerprint density at radius 3 is 2.76 bits per heavy atom. The van der Waals surface area contributed by atoms with Gasteiger partial charge in [-0.3, -0.25) is 9.69 Å². The average molecular weight is 376 g/mol. The second kappa shape index (κ2) is 6.81. The van der Waals surface area contributed by atoms with E-state index in [1.54, 1.807) is 30.3 Å². The number of halogens is 1. The van der Waals surface area contributed by atoms with Gasteiger partial charge in [0, 0.05) is 6.08 Å². The van der Waals surface area contributed by atoms with Gasteiger partial charge in [-0.1, -0.05) is 36.1 Å². The van der Waals surface area contributed by atoms with E-state index in [1.807, 2.05) is 0 Å². The molecule has 3 rings (SSSR count). The molecule has 2 heterocycles. The van der Waals surface area contributed by atoms with E-state index in [4.69, 9.17) is 16.6 Å². The van der Waals surface area contributed by atoms with Gasteiger partial charge in [-0.15, -0.1) is 0 Å². The summed E-state index contributed by atoms with van der Waals surface area (Å²) in [6.45, 7) is 1.33. The predicted octanol–water partition coefficient (Wildman–Crippen LogP) is 2.43. The maximum atomic E-state index is 13.8. The van der Waals surface area contributed by atoms with Crippen molar-refractivity contribution in [2.45, 2.75) is 13.0 Å². The van der Waals surface area contributed by atoms with Gasteiger partial charge in [-0.05, 0) is 31.2 Å². The van der Waals surface area contributed by atoms with Crippen LogP contribution in [0, 0.1) is 5.82 Å². The number of carboxylic acids is 1. The number of rotatable bonds is 4. The Hall–Kier alpha value is -2.45. The third kappa shape index (κ3) is 3.35. The molecule has 5 nitrogen and oxygen atoms in total. The van der Waals surface area contributed by atoms with Crippen LogP contribution in [0.4, 0.5) is 4.39 Å². The van der Waals surface area contributed by atoms with Crippen molar-refractivity contribution in [3.63, 3.8) is 0 Å². The highest BCUT2D eigenvalue weighted by atomic mass is 32.2. The Morgan fingerprint density at radius 1 is 1.36 bits per heavy atom. The van der Waals surface area contributed by atoms with Crippen molar-refractivity contribution in [2.24, 2.45) is 0 Å². The van der Waals surface area contributed by atoms with Crippen LogP contribution in [0.3, 0.4) is 0 Å². The van der Waals surface area contributed by atoms with Gasteiger partial charge in [0.1, 0.15) is 21.7 Å². The molecule has 128 valence electrons. The van der Waals surface area contributed by atoms with Crippen molar-refractivity contribution in [1.82, 2.24) is 4.90 Å². The number of nitrogens with zero attached hydrogens (tertiary/aromatic N) is 1. The first-order valence-corrected chi connectivity index (χ1v) is 8.43. The summed E-state index contributed by atoms with van der Waals surface area (Å²) >= 11 is 6.04. The molecule has 0 bridgehead atoms. The quantitative estimate of drug-likeness (QED) is 0.603. The van der Waals surface area contributed by atoms with Crippen molar-refractivity contribution < 1.29 is 23.5 Å². The second-order valence-corrected chi connectivity index (χ2v) is 6.90. The van der Waals surface area contributed by atoms with Crippen molar-refractivity contribution >= 4 is 46.3 Å². The van der Waals surface area contributed by atoms with Crippen molar-refractivity contribution in [1.29, 1.82) is 0 Å². The van der Waals surface area contributed by atoms with Gasteiger partial charge in [0.15, 0.2) is 0 Å². The highest BCUT2D eigenvalue weighted by Crippen LogP contribution is 2.35. The number of carboxylic acid groups (broad SMARTS) is 1. The molecule has 1 aliphatic heterocycles. The highest BCUT2D eigenvalue weighted by molar-refractivity contribution is 8.26. The number of amides is 1. The summed E-state index contributed by atoms with van der Waals surface area (Å²) in [6.07, 6.45) is 1.45. The van der Waals surface area contributed by atoms with Crippen LogP contribution < -0.4 is 5.11 Å². The van der Waals surface area contributed by atoms with Gasteiger partial charge in [-0.25, -0.2) is 4.39 Å². The number of carbonyl (C=O) groups excluding carboxylic acids is 2. The summed E-state index contributed by atoms with van der Waals surface area (Å²) in [5.74, 6) is -1.69. The van der Waals surface area contributed by atoms with Crippen LogP contribution in [-0.2, 0) is 9.59 Å². The molecule has 1 aromatic carbocycles. The lowest BCUT2D eigenvalue weighted by Crippen LogP contribution is -2.48. The number of aliphatic carboxylic acids is 1. The predicted molar refractivity (Wildman–Crippen MR) is 93.6 cm³/mol. The lowest BCUT2D eigenvalue weighted by atomic mass is 10.1. The fourth-order valence-corrected chi connectivity index (χ4v) is 3.68. The van der Waals surface area contributed by atoms with Crippen molar-refractivity contribution in [2.75, 3.05) is 0 Å². The number of hydrogen-bond acceptors (Lipinski definition) is 6. The van der Waals surface area contributed by atoms with Crippen LogP contribution in [0.25, 0.3) is 17.4 Å². The van der Waals surface area contributed by atoms with Gasteiger partial charge in [0.05, 0.1) is 22.5 Å². The molecule has 1 saturated heterocycles. The first-order chi connectivity index (χ1) is 11.9. The Balaban J connectivity index is 1.88. The van der Waals surface area contributed by atoms with Gasteiger partial charge in [-0.2, -0.15) is 0 Å². The first kappa shape index (κ1) is 17.4.